The molecule has 0 spiro atoms. The van der Waals surface area contributed by atoms with E-state index >= 15 is 0 Å². The maximum absolute atomic E-state index is 14.1. The third kappa shape index (κ3) is 6.68. The van der Waals surface area contributed by atoms with Gasteiger partial charge in [-0.2, -0.15) is 13.2 Å². The summed E-state index contributed by atoms with van der Waals surface area (Å²) in [6.07, 6.45) is -1.87. The van der Waals surface area contributed by atoms with Crippen molar-refractivity contribution in [2.75, 3.05) is 11.9 Å². The molecular weight excluding hydrogens is 623 g/mol. The number of carbonyl (C=O) groups is 2. The minimum Gasteiger partial charge on any atom is -0.322 e. The number of pyridine rings is 1. The number of nitrogens with one attached hydrogen (secondary N) is 2. The molecule has 2 heterocycles. The van der Waals surface area contributed by atoms with Crippen LogP contribution in [-0.4, -0.2) is 32.4 Å². The van der Waals surface area contributed by atoms with Crippen LogP contribution in [0.2, 0.25) is 5.02 Å². The number of benzene rings is 2. The zero-order valence-electron chi connectivity index (χ0n) is 25.3. The van der Waals surface area contributed by atoms with Crippen molar-refractivity contribution in [2.45, 2.75) is 38.9 Å². The van der Waals surface area contributed by atoms with Gasteiger partial charge in [-0.1, -0.05) is 48.0 Å². The molecule has 1 atom stereocenters. The van der Waals surface area contributed by atoms with E-state index in [-0.39, 0.29) is 45.7 Å². The van der Waals surface area contributed by atoms with Crippen LogP contribution in [0.5, 0.6) is 0 Å². The number of hydrogen-bond acceptors (Lipinski definition) is 6. The van der Waals surface area contributed by atoms with Crippen molar-refractivity contribution in [3.63, 3.8) is 0 Å². The van der Waals surface area contributed by atoms with Crippen LogP contribution in [-0.2, 0) is 31.6 Å². The zero-order chi connectivity index (χ0) is 33.3. The number of aryl methyl sites for hydroxylation is 1. The van der Waals surface area contributed by atoms with E-state index in [1.807, 2.05) is 0 Å². The summed E-state index contributed by atoms with van der Waals surface area (Å²) in [5.74, 6) is -0.425. The Balaban J connectivity index is 1.44. The van der Waals surface area contributed by atoms with Crippen molar-refractivity contribution in [3.05, 3.63) is 103 Å². The molecule has 2 N–H and O–H groups in total. The first-order valence-corrected chi connectivity index (χ1v) is 14.9. The van der Waals surface area contributed by atoms with Gasteiger partial charge in [-0.3, -0.25) is 19.0 Å². The number of Topliss-reactive ketones (excluding diaryl/α,β-unsaturated/α-hetero) is 1. The maximum atomic E-state index is 14.1. The number of anilines is 1. The number of nitrogens with zero attached hydrogens (tertiary/aromatic N) is 3. The van der Waals surface area contributed by atoms with Crippen molar-refractivity contribution < 1.29 is 22.8 Å². The molecule has 0 radical (unpaired) electrons. The molecule has 5 rings (SSSR count). The van der Waals surface area contributed by atoms with Gasteiger partial charge in [0, 0.05) is 56.5 Å². The quantitative estimate of drug-likeness (QED) is 0.259. The van der Waals surface area contributed by atoms with Gasteiger partial charge in [0.2, 0.25) is 0 Å². The summed E-state index contributed by atoms with van der Waals surface area (Å²) in [6.45, 7) is 2.12. The lowest BCUT2D eigenvalue weighted by atomic mass is 9.96. The summed E-state index contributed by atoms with van der Waals surface area (Å²) >= 11 is 6.82. The Hall–Kier alpha value is -4.55. The third-order valence-corrected chi connectivity index (χ3v) is 8.59. The molecule has 2 aromatic carbocycles. The van der Waals surface area contributed by atoms with Crippen LogP contribution in [0.3, 0.4) is 0 Å². The van der Waals surface area contributed by atoms with Crippen LogP contribution < -0.4 is 21.9 Å². The van der Waals surface area contributed by atoms with Gasteiger partial charge in [0.15, 0.2) is 0 Å². The van der Waals surface area contributed by atoms with Crippen LogP contribution in [0.4, 0.5) is 18.9 Å². The smallest absolute Gasteiger partial charge is 0.322 e. The average molecular weight is 654 g/mol. The van der Waals surface area contributed by atoms with Crippen molar-refractivity contribution in [1.29, 1.82) is 0 Å². The Kier molecular flexibility index (Phi) is 9.32. The van der Waals surface area contributed by atoms with E-state index in [0.29, 0.717) is 41.8 Å². The standard InChI is InChI=1S/C33H31ClF3N5O4/c1-18-22(6-5-9-26(18)40-30(44)25-17-41(2)32(46)42(3)31(25)45)23-7-4-8-24(28(23)34)27-13-11-20(29(39-27)33(35,36)37)16-38-15-19-10-12-21(43)14-19/h4-9,11,13,17,19,38H,10,12,14-16H2,1-3H3,(H,40,44)/t19-/m1/s1. The first kappa shape index (κ1) is 32.8. The monoisotopic (exact) mass is 653 g/mol. The van der Waals surface area contributed by atoms with Crippen molar-refractivity contribution in [1.82, 2.24) is 19.4 Å². The molecule has 0 unspecified atom stereocenters. The molecule has 0 bridgehead atoms. The van der Waals surface area contributed by atoms with Gasteiger partial charge < -0.3 is 15.2 Å². The fourth-order valence-electron chi connectivity index (χ4n) is 5.66. The third-order valence-electron chi connectivity index (χ3n) is 8.18. The second-order valence-corrected chi connectivity index (χ2v) is 11.8. The second kappa shape index (κ2) is 13.1. The lowest BCUT2D eigenvalue weighted by Gasteiger charge is -2.17. The van der Waals surface area contributed by atoms with Gasteiger partial charge in [0.1, 0.15) is 17.0 Å². The van der Waals surface area contributed by atoms with Crippen molar-refractivity contribution in [3.8, 4) is 22.4 Å². The van der Waals surface area contributed by atoms with Gasteiger partial charge in [-0.25, -0.2) is 9.78 Å². The number of aromatic nitrogens is 3. The summed E-state index contributed by atoms with van der Waals surface area (Å²) in [7, 11) is 2.71. The fourth-order valence-corrected chi connectivity index (χ4v) is 5.98. The van der Waals surface area contributed by atoms with Gasteiger partial charge in [0.05, 0.1) is 10.7 Å². The first-order chi connectivity index (χ1) is 21.8. The predicted octanol–water partition coefficient (Wildman–Crippen LogP) is 5.50. The minimum absolute atomic E-state index is 0.0135. The van der Waals surface area contributed by atoms with E-state index in [2.05, 4.69) is 15.6 Å². The minimum atomic E-state index is -4.71. The number of hydrogen-bond donors (Lipinski definition) is 2. The summed E-state index contributed by atoms with van der Waals surface area (Å²) in [4.78, 5) is 53.2. The molecule has 1 aliphatic rings. The number of halogens is 4. The van der Waals surface area contributed by atoms with Gasteiger partial charge in [-0.15, -0.1) is 0 Å². The maximum Gasteiger partial charge on any atom is 0.433 e. The molecule has 1 saturated carbocycles. The van der Waals surface area contributed by atoms with Crippen molar-refractivity contribution in [2.24, 2.45) is 20.0 Å². The highest BCUT2D eigenvalue weighted by Gasteiger charge is 2.36. The molecule has 4 aromatic rings. The van der Waals surface area contributed by atoms with E-state index in [4.69, 9.17) is 11.6 Å². The lowest BCUT2D eigenvalue weighted by Crippen LogP contribution is -2.40. The number of alkyl halides is 3. The molecule has 1 amide bonds. The Bertz CT molecular complexity index is 1970. The summed E-state index contributed by atoms with van der Waals surface area (Å²) in [5, 5.41) is 5.92. The van der Waals surface area contributed by atoms with E-state index in [9.17, 15) is 32.3 Å². The number of amides is 1. The van der Waals surface area contributed by atoms with Gasteiger partial charge in [-0.05, 0) is 54.6 Å². The number of ketones is 1. The van der Waals surface area contributed by atoms with E-state index in [1.165, 1.54) is 32.4 Å². The summed E-state index contributed by atoms with van der Waals surface area (Å²) in [5.41, 5.74) is -0.201. The van der Waals surface area contributed by atoms with Crippen LogP contribution >= 0.6 is 11.6 Å². The predicted molar refractivity (Wildman–Crippen MR) is 169 cm³/mol. The molecule has 2 aromatic heterocycles. The van der Waals surface area contributed by atoms with Gasteiger partial charge in [0.25, 0.3) is 11.5 Å². The molecule has 0 saturated heterocycles. The molecule has 46 heavy (non-hydrogen) atoms. The highest BCUT2D eigenvalue weighted by molar-refractivity contribution is 6.36. The molecule has 240 valence electrons. The lowest BCUT2D eigenvalue weighted by molar-refractivity contribution is -0.141. The van der Waals surface area contributed by atoms with E-state index < -0.39 is 29.0 Å². The van der Waals surface area contributed by atoms with Crippen molar-refractivity contribution >= 4 is 29.0 Å². The van der Waals surface area contributed by atoms with Crippen LogP contribution in [0.15, 0.2) is 64.3 Å². The normalized spacial score (nSPS) is 14.9. The molecule has 0 aliphatic heterocycles. The molecule has 1 aliphatic carbocycles. The SMILES string of the molecule is Cc1c(NC(=O)c2cn(C)c(=O)n(C)c2=O)cccc1-c1cccc(-c2ccc(CNC[C@@H]3CCC(=O)C3)c(C(F)(F)F)n2)c1Cl. The largest absolute Gasteiger partial charge is 0.433 e. The van der Waals surface area contributed by atoms with Crippen LogP contribution in [0.1, 0.15) is 46.4 Å². The molecular formula is C33H31ClF3N5O4. The van der Waals surface area contributed by atoms with Crippen LogP contribution in [0, 0.1) is 12.8 Å². The summed E-state index contributed by atoms with van der Waals surface area (Å²) < 4.78 is 44.4. The molecule has 9 nitrogen and oxygen atoms in total. The average Bonchev–Trinajstić information content (AvgIpc) is 3.43. The van der Waals surface area contributed by atoms with Gasteiger partial charge >= 0.3 is 11.9 Å². The zero-order valence-corrected chi connectivity index (χ0v) is 26.1. The molecule has 1 fully saturated rings. The first-order valence-electron chi connectivity index (χ1n) is 14.5. The Morgan fingerprint density at radius 3 is 2.41 bits per heavy atom. The number of carbonyl (C=O) groups excluding carboxylic acids is 2. The Morgan fingerprint density at radius 2 is 1.72 bits per heavy atom. The second-order valence-electron chi connectivity index (χ2n) is 11.4. The van der Waals surface area contributed by atoms with Crippen LogP contribution in [0.25, 0.3) is 22.4 Å². The Labute approximate surface area is 267 Å². The highest BCUT2D eigenvalue weighted by Crippen LogP contribution is 2.40. The summed E-state index contributed by atoms with van der Waals surface area (Å²) in [6, 6.07) is 12.9. The van der Waals surface area contributed by atoms with E-state index in [0.717, 1.165) is 15.6 Å². The Morgan fingerprint density at radius 1 is 1.02 bits per heavy atom. The van der Waals surface area contributed by atoms with E-state index in [1.54, 1.807) is 43.3 Å². The highest BCUT2D eigenvalue weighted by atomic mass is 35.5. The topological polar surface area (TPSA) is 115 Å². The fraction of sp³-hybridized carbons (Fsp3) is 0.303. The number of rotatable bonds is 8. The molecule has 13 heteroatoms.